The van der Waals surface area contributed by atoms with E-state index >= 15 is 0 Å². The van der Waals surface area contributed by atoms with Crippen molar-refractivity contribution in [1.29, 1.82) is 0 Å². The van der Waals surface area contributed by atoms with E-state index in [0.717, 1.165) is 43.4 Å². The van der Waals surface area contributed by atoms with Gasteiger partial charge in [-0.2, -0.15) is 0 Å². The van der Waals surface area contributed by atoms with Crippen LogP contribution in [0.3, 0.4) is 0 Å². The van der Waals surface area contributed by atoms with E-state index in [-0.39, 0.29) is 29.5 Å². The molecular weight excluding hydrogens is 296 g/mol. The highest BCUT2D eigenvalue weighted by molar-refractivity contribution is 5.94. The number of aromatic amines is 1. The summed E-state index contributed by atoms with van der Waals surface area (Å²) in [5, 5.41) is 9.19. The third-order valence-corrected chi connectivity index (χ3v) is 5.04. The second kappa shape index (κ2) is 6.18. The van der Waals surface area contributed by atoms with E-state index in [0.29, 0.717) is 6.54 Å². The van der Waals surface area contributed by atoms with Crippen LogP contribution in [0.4, 0.5) is 0 Å². The Morgan fingerprint density at radius 2 is 1.96 bits per heavy atom. The maximum Gasteiger partial charge on any atom is 0.308 e. The van der Waals surface area contributed by atoms with Crippen LogP contribution in [0.2, 0.25) is 0 Å². The number of pyridine rings is 1. The van der Waals surface area contributed by atoms with E-state index in [4.69, 9.17) is 0 Å². The Hall–Kier alpha value is -2.11. The molecule has 2 N–H and O–H groups in total. The van der Waals surface area contributed by atoms with Gasteiger partial charge in [0, 0.05) is 18.8 Å². The molecule has 1 aromatic heterocycles. The highest BCUT2D eigenvalue weighted by atomic mass is 16.4. The minimum atomic E-state index is -0.886. The maximum atomic E-state index is 12.7. The van der Waals surface area contributed by atoms with Crippen LogP contribution in [-0.4, -0.2) is 40.0 Å². The smallest absolute Gasteiger partial charge is 0.308 e. The van der Waals surface area contributed by atoms with Crippen LogP contribution in [0.15, 0.2) is 10.9 Å². The van der Waals surface area contributed by atoms with E-state index in [2.05, 4.69) is 4.98 Å². The van der Waals surface area contributed by atoms with Crippen LogP contribution >= 0.6 is 0 Å². The first-order valence-corrected chi connectivity index (χ1v) is 8.24. The third kappa shape index (κ3) is 3.02. The van der Waals surface area contributed by atoms with Crippen molar-refractivity contribution < 1.29 is 14.7 Å². The molecule has 23 heavy (non-hydrogen) atoms. The van der Waals surface area contributed by atoms with Crippen molar-refractivity contribution in [2.45, 2.75) is 39.0 Å². The number of nitrogens with zero attached hydrogens (tertiary/aromatic N) is 1. The number of aryl methyl sites for hydroxylation is 2. The molecule has 1 aliphatic heterocycles. The number of rotatable bonds is 2. The number of carboxylic acids is 1. The van der Waals surface area contributed by atoms with Crippen LogP contribution in [0.5, 0.6) is 0 Å². The number of carbonyl (C=O) groups is 2. The fourth-order valence-electron chi connectivity index (χ4n) is 3.63. The number of hydrogen-bond acceptors (Lipinski definition) is 3. The summed E-state index contributed by atoms with van der Waals surface area (Å²) in [5.41, 5.74) is 1.78. The molecule has 6 nitrogen and oxygen atoms in total. The lowest BCUT2D eigenvalue weighted by Crippen LogP contribution is -2.34. The van der Waals surface area contributed by atoms with E-state index in [1.54, 1.807) is 6.07 Å². The van der Waals surface area contributed by atoms with Crippen molar-refractivity contribution in [3.8, 4) is 0 Å². The SMILES string of the molecule is C[C@@H]1CN(C(=O)c2cc3c([nH]c2=O)CCCCC3)C[C@H]1C(=O)O. The zero-order valence-electron chi connectivity index (χ0n) is 13.3. The van der Waals surface area contributed by atoms with Gasteiger partial charge >= 0.3 is 5.97 Å². The number of aromatic nitrogens is 1. The van der Waals surface area contributed by atoms with Crippen LogP contribution in [0.1, 0.15) is 47.8 Å². The Morgan fingerprint density at radius 1 is 1.22 bits per heavy atom. The molecule has 1 saturated heterocycles. The fraction of sp³-hybridized carbons (Fsp3) is 0.588. The first kappa shape index (κ1) is 15.8. The van der Waals surface area contributed by atoms with Crippen molar-refractivity contribution in [3.63, 3.8) is 0 Å². The number of fused-ring (bicyclic) bond motifs is 1. The van der Waals surface area contributed by atoms with Crippen LogP contribution in [-0.2, 0) is 17.6 Å². The quantitative estimate of drug-likeness (QED) is 0.807. The molecule has 0 radical (unpaired) electrons. The molecule has 1 aromatic rings. The molecule has 0 bridgehead atoms. The van der Waals surface area contributed by atoms with Crippen molar-refractivity contribution in [2.75, 3.05) is 13.1 Å². The fourth-order valence-corrected chi connectivity index (χ4v) is 3.63. The molecule has 1 fully saturated rings. The number of aliphatic carboxylic acids is 1. The Morgan fingerprint density at radius 3 is 2.65 bits per heavy atom. The van der Waals surface area contributed by atoms with Gasteiger partial charge in [-0.1, -0.05) is 13.3 Å². The highest BCUT2D eigenvalue weighted by Crippen LogP contribution is 2.25. The average Bonchev–Trinajstić information content (AvgIpc) is 2.75. The van der Waals surface area contributed by atoms with E-state index in [1.165, 1.54) is 4.90 Å². The van der Waals surface area contributed by atoms with Gasteiger partial charge in [-0.15, -0.1) is 0 Å². The summed E-state index contributed by atoms with van der Waals surface area (Å²) in [6, 6.07) is 1.72. The molecule has 2 aliphatic rings. The number of carboxylic acid groups (broad SMARTS) is 1. The molecule has 2 atom stereocenters. The van der Waals surface area contributed by atoms with Crippen LogP contribution in [0, 0.1) is 11.8 Å². The minimum Gasteiger partial charge on any atom is -0.481 e. The van der Waals surface area contributed by atoms with Gasteiger partial charge in [-0.25, -0.2) is 0 Å². The van der Waals surface area contributed by atoms with Crippen molar-refractivity contribution in [2.24, 2.45) is 11.8 Å². The Balaban J connectivity index is 1.87. The predicted molar refractivity (Wildman–Crippen MR) is 84.5 cm³/mol. The Bertz CT molecular complexity index is 694. The molecule has 0 unspecified atom stereocenters. The van der Waals surface area contributed by atoms with Gasteiger partial charge in [-0.3, -0.25) is 14.4 Å². The monoisotopic (exact) mass is 318 g/mol. The molecule has 0 aromatic carbocycles. The summed E-state index contributed by atoms with van der Waals surface area (Å²) in [7, 11) is 0. The molecule has 0 saturated carbocycles. The molecule has 3 rings (SSSR count). The molecule has 2 heterocycles. The molecular formula is C17H22N2O4. The zero-order chi connectivity index (χ0) is 16.6. The number of likely N-dealkylation sites (tertiary alicyclic amines) is 1. The zero-order valence-corrected chi connectivity index (χ0v) is 13.3. The number of hydrogen-bond donors (Lipinski definition) is 2. The van der Waals surface area contributed by atoms with Gasteiger partial charge in [0.05, 0.1) is 5.92 Å². The molecule has 1 aliphatic carbocycles. The molecule has 1 amide bonds. The van der Waals surface area contributed by atoms with E-state index in [1.807, 2.05) is 6.92 Å². The van der Waals surface area contributed by atoms with Gasteiger partial charge in [0.2, 0.25) is 0 Å². The summed E-state index contributed by atoms with van der Waals surface area (Å²) in [6.07, 6.45) is 4.97. The predicted octanol–water partition coefficient (Wildman–Crippen LogP) is 1.44. The van der Waals surface area contributed by atoms with Gasteiger partial charge in [0.25, 0.3) is 11.5 Å². The number of carbonyl (C=O) groups excluding carboxylic acids is 1. The van der Waals surface area contributed by atoms with Crippen molar-refractivity contribution in [1.82, 2.24) is 9.88 Å². The van der Waals surface area contributed by atoms with Gasteiger partial charge in [-0.05, 0) is 43.2 Å². The van der Waals surface area contributed by atoms with Crippen LogP contribution < -0.4 is 5.56 Å². The van der Waals surface area contributed by atoms with Gasteiger partial charge < -0.3 is 15.0 Å². The first-order valence-electron chi connectivity index (χ1n) is 8.24. The minimum absolute atomic E-state index is 0.101. The van der Waals surface area contributed by atoms with Crippen LogP contribution in [0.25, 0.3) is 0 Å². The molecule has 6 heteroatoms. The summed E-state index contributed by atoms with van der Waals surface area (Å²) in [4.78, 5) is 40.5. The largest absolute Gasteiger partial charge is 0.481 e. The number of nitrogens with one attached hydrogen (secondary N) is 1. The second-order valence-corrected chi connectivity index (χ2v) is 6.71. The summed E-state index contributed by atoms with van der Waals surface area (Å²) in [6.45, 7) is 2.38. The maximum absolute atomic E-state index is 12.7. The summed E-state index contributed by atoms with van der Waals surface area (Å²) >= 11 is 0. The average molecular weight is 318 g/mol. The van der Waals surface area contributed by atoms with E-state index < -0.39 is 11.9 Å². The number of H-pyrrole nitrogens is 1. The van der Waals surface area contributed by atoms with E-state index in [9.17, 15) is 19.5 Å². The lowest BCUT2D eigenvalue weighted by molar-refractivity contribution is -0.142. The molecule has 124 valence electrons. The lowest BCUT2D eigenvalue weighted by Gasteiger charge is -2.16. The molecule has 0 spiro atoms. The summed E-state index contributed by atoms with van der Waals surface area (Å²) < 4.78 is 0. The highest BCUT2D eigenvalue weighted by Gasteiger charge is 2.37. The van der Waals surface area contributed by atoms with Crippen molar-refractivity contribution in [3.05, 3.63) is 33.2 Å². The Labute approximate surface area is 134 Å². The standard InChI is InChI=1S/C17H22N2O4/c1-10-8-19(9-13(10)17(22)23)16(21)12-7-11-5-3-2-4-6-14(11)18-15(12)20/h7,10,13H,2-6,8-9H2,1H3,(H,18,20)(H,22,23)/t10-,13-/m1/s1. The summed E-state index contributed by atoms with van der Waals surface area (Å²) in [5.74, 6) is -1.90. The van der Waals surface area contributed by atoms with Gasteiger partial charge in [0.1, 0.15) is 5.56 Å². The van der Waals surface area contributed by atoms with Gasteiger partial charge in [0.15, 0.2) is 0 Å². The second-order valence-electron chi connectivity index (χ2n) is 6.71. The van der Waals surface area contributed by atoms with Crippen molar-refractivity contribution >= 4 is 11.9 Å². The normalized spacial score (nSPS) is 24.1. The lowest BCUT2D eigenvalue weighted by atomic mass is 9.99. The first-order chi connectivity index (χ1) is 11.0. The topological polar surface area (TPSA) is 90.5 Å². The third-order valence-electron chi connectivity index (χ3n) is 5.04. The Kier molecular flexibility index (Phi) is 4.24. The number of amides is 1.